The third kappa shape index (κ3) is 10.2. The largest absolute Gasteiger partial charge is 0.507 e. The van der Waals surface area contributed by atoms with Gasteiger partial charge in [0.25, 0.3) is 5.69 Å². The van der Waals surface area contributed by atoms with Gasteiger partial charge in [0.2, 0.25) is 5.91 Å². The lowest BCUT2D eigenvalue weighted by Crippen LogP contribution is -2.72. The smallest absolute Gasteiger partial charge is 0.363 e. The number of rotatable bonds is 19. The summed E-state index contributed by atoms with van der Waals surface area (Å²) in [7, 11) is -2.14. The zero-order valence-electron chi connectivity index (χ0n) is 38.3. The molecule has 2 aromatic carbocycles. The molecule has 63 heavy (non-hydrogen) atoms. The van der Waals surface area contributed by atoms with Crippen molar-refractivity contribution in [2.45, 2.75) is 137 Å². The van der Waals surface area contributed by atoms with Gasteiger partial charge in [-0.1, -0.05) is 77.3 Å². The number of esters is 2. The number of benzene rings is 2. The van der Waals surface area contributed by atoms with E-state index in [1.54, 1.807) is 12.2 Å². The van der Waals surface area contributed by atoms with Crippen LogP contribution in [-0.4, -0.2) is 65.1 Å². The Morgan fingerprint density at radius 3 is 2.38 bits per heavy atom. The van der Waals surface area contributed by atoms with E-state index < -0.39 is 42.7 Å². The summed E-state index contributed by atoms with van der Waals surface area (Å²) >= 11 is 5.62. The minimum absolute atomic E-state index is 0.0642. The Balaban J connectivity index is 1.42. The molecule has 1 N–H and O–H groups in total. The van der Waals surface area contributed by atoms with Gasteiger partial charge in [0.1, 0.15) is 23.8 Å². The highest BCUT2D eigenvalue weighted by Gasteiger charge is 2.68. The van der Waals surface area contributed by atoms with Crippen LogP contribution < -0.4 is 4.74 Å². The van der Waals surface area contributed by atoms with Gasteiger partial charge in [0.15, 0.2) is 8.32 Å². The Kier molecular flexibility index (Phi) is 16.1. The summed E-state index contributed by atoms with van der Waals surface area (Å²) in [6.07, 6.45) is 10.7. The van der Waals surface area contributed by atoms with Gasteiger partial charge < -0.3 is 28.6 Å². The summed E-state index contributed by atoms with van der Waals surface area (Å²) in [6, 6.07) is 10.7. The second-order valence-corrected chi connectivity index (χ2v) is 22.6. The Morgan fingerprint density at radius 1 is 1.11 bits per heavy atom. The fourth-order valence-corrected chi connectivity index (χ4v) is 12.8. The van der Waals surface area contributed by atoms with Crippen LogP contribution >= 0.6 is 12.2 Å². The van der Waals surface area contributed by atoms with Crippen molar-refractivity contribution in [3.63, 3.8) is 0 Å². The van der Waals surface area contributed by atoms with Crippen LogP contribution in [0.25, 0.3) is 0 Å². The number of nitrogens with zero attached hydrogens (tertiary/aromatic N) is 2. The van der Waals surface area contributed by atoms with E-state index >= 15 is 0 Å². The minimum atomic E-state index is -2.14. The Bertz CT molecular complexity index is 2190. The van der Waals surface area contributed by atoms with Crippen molar-refractivity contribution in [2.75, 3.05) is 6.61 Å². The average molecular weight is 901 g/mol. The normalized spacial score (nSPS) is 22.6. The number of non-ortho nitro benzene ring substituents is 1. The zero-order chi connectivity index (χ0) is 46.4. The van der Waals surface area contributed by atoms with Crippen molar-refractivity contribution in [1.29, 1.82) is 0 Å². The topological polar surface area (TPSA) is 155 Å². The van der Waals surface area contributed by atoms with Crippen LogP contribution in [0, 0.1) is 27.4 Å². The van der Waals surface area contributed by atoms with Crippen LogP contribution in [-0.2, 0) is 29.9 Å². The van der Waals surface area contributed by atoms with Crippen molar-refractivity contribution in [3.05, 3.63) is 110 Å². The molecule has 0 bridgehead atoms. The van der Waals surface area contributed by atoms with E-state index in [1.807, 2.05) is 39.8 Å². The van der Waals surface area contributed by atoms with Crippen molar-refractivity contribution < 1.29 is 43.1 Å². The van der Waals surface area contributed by atoms with Gasteiger partial charge in [-0.25, -0.2) is 9.59 Å². The first-order valence-corrected chi connectivity index (χ1v) is 25.3. The van der Waals surface area contributed by atoms with E-state index in [0.29, 0.717) is 16.9 Å². The molecular formula is C49H64N2O10SSi. The lowest BCUT2D eigenvalue weighted by molar-refractivity contribution is -0.384. The van der Waals surface area contributed by atoms with E-state index in [0.717, 1.165) is 79.9 Å². The number of β-lactam (4-membered cyclic amide) rings is 1. The molecule has 5 rings (SSSR count). The van der Waals surface area contributed by atoms with Crippen molar-refractivity contribution in [2.24, 2.45) is 17.3 Å². The highest BCUT2D eigenvalue weighted by atomic mass is 32.1. The molecule has 1 fully saturated rings. The van der Waals surface area contributed by atoms with Gasteiger partial charge >= 0.3 is 17.2 Å². The maximum absolute atomic E-state index is 14.3. The second-order valence-electron chi connectivity index (χ2n) is 17.6. The number of carbonyl (C=O) groups is 3. The molecule has 0 aromatic heterocycles. The number of aromatic hydroxyl groups is 1. The first-order chi connectivity index (χ1) is 29.9. The van der Waals surface area contributed by atoms with Crippen LogP contribution in [0.4, 0.5) is 5.69 Å². The quantitative estimate of drug-likeness (QED) is 0.0165. The number of nitro groups is 1. The van der Waals surface area contributed by atoms with E-state index in [9.17, 15) is 29.6 Å². The molecule has 14 heteroatoms. The van der Waals surface area contributed by atoms with Gasteiger partial charge in [-0.15, -0.1) is 0 Å². The molecule has 1 saturated heterocycles. The van der Waals surface area contributed by atoms with Crippen molar-refractivity contribution in [1.82, 2.24) is 4.90 Å². The maximum atomic E-state index is 14.3. The van der Waals surface area contributed by atoms with Gasteiger partial charge in [-0.2, -0.15) is 0 Å². The van der Waals surface area contributed by atoms with Crippen LogP contribution in [0.5, 0.6) is 11.5 Å². The first kappa shape index (κ1) is 49.1. The Labute approximate surface area is 378 Å². The molecular weight excluding hydrogens is 837 g/mol. The lowest BCUT2D eigenvalue weighted by Gasteiger charge is -2.56. The van der Waals surface area contributed by atoms with Crippen LogP contribution in [0.2, 0.25) is 18.1 Å². The molecule has 2 aliphatic heterocycles. The van der Waals surface area contributed by atoms with Crippen LogP contribution in [0.15, 0.2) is 83.6 Å². The van der Waals surface area contributed by atoms with Gasteiger partial charge in [0.05, 0.1) is 28.0 Å². The molecule has 340 valence electrons. The number of thiocarbonyl (C=S) groups is 1. The Morgan fingerprint density at radius 2 is 1.78 bits per heavy atom. The molecule has 12 nitrogen and oxygen atoms in total. The van der Waals surface area contributed by atoms with E-state index in [1.165, 1.54) is 22.6 Å². The number of carbonyl (C=O) groups excluding carboxylic acids is 3. The predicted octanol–water partition coefficient (Wildman–Crippen LogP) is 11.2. The highest BCUT2D eigenvalue weighted by molar-refractivity contribution is 7.79. The maximum Gasteiger partial charge on any atom is 0.363 e. The molecule has 2 heterocycles. The molecule has 3 aliphatic rings. The van der Waals surface area contributed by atoms with Crippen LogP contribution in [0.1, 0.15) is 122 Å². The summed E-state index contributed by atoms with van der Waals surface area (Å²) in [6.45, 7) is 22.5. The fourth-order valence-electron chi connectivity index (χ4n) is 9.62. The number of phenolic OH excluding ortho intramolecular Hbond substituents is 1. The number of phenols is 1. The summed E-state index contributed by atoms with van der Waals surface area (Å²) in [4.78, 5) is 53.5. The summed E-state index contributed by atoms with van der Waals surface area (Å²) in [5.41, 5.74) is 2.93. The van der Waals surface area contributed by atoms with E-state index in [-0.39, 0.29) is 58.2 Å². The molecule has 2 aromatic rings. The molecule has 1 amide bonds. The number of allylic oxidation sites excluding steroid dienone is 4. The zero-order valence-corrected chi connectivity index (χ0v) is 40.1. The molecule has 6 atom stereocenters. The lowest BCUT2D eigenvalue weighted by atomic mass is 9.65. The van der Waals surface area contributed by atoms with Crippen molar-refractivity contribution in [3.8, 4) is 11.5 Å². The third-order valence-corrected chi connectivity index (χ3v) is 18.6. The molecule has 1 aliphatic carbocycles. The van der Waals surface area contributed by atoms with Gasteiger partial charge in [0, 0.05) is 41.7 Å². The standard InChI is InChI=1S/C49H64N2O10SSi/c1-11-15-16-18-34-28-40(52)42(39-27-31(7)20-25-37(39)30(5)6)41(29-34)59-48(62)58-26-17-19-38-32(8)44-49(10,33(9)61-63(12-2,13-3)14-4)47(55)50(44)43(38)46(54)60-45(53)35-21-23-36(24-22-35)51(56)57/h17,19,21-24,27-29,32-33,37,39,44,52H,5,11-16,18,20,25-26H2,1-4,6-10H3/b19-17+/t32-,33+,37-,39+,44+,49+/m0/s1. The number of nitro benzene ring substituents is 1. The molecule has 0 unspecified atom stereocenters. The molecule has 0 saturated carbocycles. The predicted molar refractivity (Wildman–Crippen MR) is 250 cm³/mol. The van der Waals surface area contributed by atoms with Gasteiger partial charge in [-0.05, 0) is 119 Å². The average Bonchev–Trinajstić information content (AvgIpc) is 3.53. The summed E-state index contributed by atoms with van der Waals surface area (Å²) in [5.74, 6) is -2.25. The first-order valence-electron chi connectivity index (χ1n) is 22.3. The van der Waals surface area contributed by atoms with E-state index in [4.69, 9.17) is 30.9 Å². The number of hydrogen-bond acceptors (Lipinski definition) is 11. The van der Waals surface area contributed by atoms with Gasteiger partial charge in [-0.3, -0.25) is 14.9 Å². The third-order valence-electron chi connectivity index (χ3n) is 13.7. The number of unbranched alkanes of at least 4 members (excludes halogenated alkanes) is 2. The monoisotopic (exact) mass is 900 g/mol. The Hall–Kier alpha value is -4.92. The number of amides is 1. The number of ether oxygens (including phenoxy) is 3. The number of aryl methyl sites for hydroxylation is 1. The number of fused-ring (bicyclic) bond motifs is 1. The van der Waals surface area contributed by atoms with E-state index in [2.05, 4.69) is 47.3 Å². The molecule has 0 radical (unpaired) electrons. The summed E-state index contributed by atoms with van der Waals surface area (Å²) in [5, 5.41) is 22.6. The second kappa shape index (κ2) is 20.7. The van der Waals surface area contributed by atoms with Crippen molar-refractivity contribution >= 4 is 49.3 Å². The van der Waals surface area contributed by atoms with Crippen LogP contribution in [0.3, 0.4) is 0 Å². The SMILES string of the molecule is C=C(C)[C@@H]1CCC(C)=C[C@H]1c1c(O)cc(CCCCC)cc1OC(=S)OC/C=C/C1=C(C(=O)OC(=O)c2ccc([N+](=O)[O-])cc2)N2C(=O)[C@](C)([C@@H](C)O[Si](CC)(CC)CC)[C@H]2[C@H]1C. The minimum Gasteiger partial charge on any atom is -0.507 e. The summed E-state index contributed by atoms with van der Waals surface area (Å²) < 4.78 is 24.4. The fraction of sp³-hybridized carbons (Fsp3) is 0.510. The number of hydrogen-bond donors (Lipinski definition) is 1. The molecule has 0 spiro atoms. The highest BCUT2D eigenvalue weighted by Crippen LogP contribution is 2.56.